The lowest BCUT2D eigenvalue weighted by Gasteiger charge is -2.19. The third-order valence-electron chi connectivity index (χ3n) is 3.10. The largest absolute Gasteiger partial charge is 0.376 e. The number of rotatable bonds is 4. The van der Waals surface area contributed by atoms with Crippen molar-refractivity contribution in [2.75, 3.05) is 6.61 Å². The Morgan fingerprint density at radius 1 is 1.74 bits per heavy atom. The Labute approximate surface area is 109 Å². The molecule has 1 N–H and O–H groups in total. The van der Waals surface area contributed by atoms with Crippen LogP contribution in [0.2, 0.25) is 0 Å². The number of hydrogen-bond donors (Lipinski definition) is 1. The van der Waals surface area contributed by atoms with Gasteiger partial charge in [-0.25, -0.2) is 0 Å². The fourth-order valence-corrected chi connectivity index (χ4v) is 2.14. The summed E-state index contributed by atoms with van der Waals surface area (Å²) in [5.41, 5.74) is -0.461. The summed E-state index contributed by atoms with van der Waals surface area (Å²) in [6.45, 7) is 2.51. The highest BCUT2D eigenvalue weighted by Crippen LogP contribution is 2.18. The molecule has 2 atom stereocenters. The zero-order valence-electron chi connectivity index (χ0n) is 10.8. The van der Waals surface area contributed by atoms with Crippen molar-refractivity contribution in [3.8, 4) is 0 Å². The van der Waals surface area contributed by atoms with E-state index in [1.807, 2.05) is 6.92 Å². The minimum Gasteiger partial charge on any atom is -0.376 e. The molecule has 8 nitrogen and oxygen atoms in total. The molecule has 0 bridgehead atoms. The fraction of sp³-hybridized carbons (Fsp3) is 0.636. The smallest absolute Gasteiger partial charge is 0.320 e. The molecule has 1 aromatic heterocycles. The van der Waals surface area contributed by atoms with E-state index in [0.29, 0.717) is 6.61 Å². The number of hydrogen-bond acceptors (Lipinski definition) is 5. The van der Waals surface area contributed by atoms with Crippen molar-refractivity contribution in [2.45, 2.75) is 31.9 Å². The summed E-state index contributed by atoms with van der Waals surface area (Å²) in [6, 6.07) is -0.198. The van der Waals surface area contributed by atoms with Gasteiger partial charge in [-0.3, -0.25) is 19.6 Å². The molecule has 1 aliphatic rings. The van der Waals surface area contributed by atoms with Crippen LogP contribution in [0.1, 0.15) is 30.3 Å². The lowest BCUT2D eigenvalue weighted by Crippen LogP contribution is -2.41. The van der Waals surface area contributed by atoms with Gasteiger partial charge < -0.3 is 10.1 Å². The van der Waals surface area contributed by atoms with Crippen LogP contribution in [0, 0.1) is 10.1 Å². The molecule has 0 aromatic carbocycles. The number of ether oxygens (including phenoxy) is 1. The van der Waals surface area contributed by atoms with Crippen molar-refractivity contribution >= 4 is 11.6 Å². The Kier molecular flexibility index (Phi) is 3.79. The van der Waals surface area contributed by atoms with Crippen LogP contribution in [0.4, 0.5) is 5.69 Å². The van der Waals surface area contributed by atoms with Crippen LogP contribution >= 0.6 is 0 Å². The predicted octanol–water partition coefficient (Wildman–Crippen LogP) is 0.626. The van der Waals surface area contributed by atoms with Gasteiger partial charge in [0, 0.05) is 13.7 Å². The van der Waals surface area contributed by atoms with E-state index in [9.17, 15) is 14.9 Å². The second-order valence-corrected chi connectivity index (χ2v) is 4.61. The van der Waals surface area contributed by atoms with Crippen LogP contribution in [0.25, 0.3) is 0 Å². The van der Waals surface area contributed by atoms with Gasteiger partial charge in [0.05, 0.1) is 17.1 Å². The minimum atomic E-state index is -0.612. The average Bonchev–Trinajstić information content (AvgIpc) is 2.96. The summed E-state index contributed by atoms with van der Waals surface area (Å²) in [6.07, 6.45) is 3.03. The van der Waals surface area contributed by atoms with Gasteiger partial charge in [0.1, 0.15) is 6.20 Å². The number of carbonyl (C=O) groups is 1. The molecule has 1 saturated heterocycles. The SMILES string of the molecule is C[C@H](NC(=O)c1nn(C)cc1[N+](=O)[O-])[C@@H]1CCCO1. The zero-order chi connectivity index (χ0) is 14.0. The van der Waals surface area contributed by atoms with Crippen molar-refractivity contribution in [1.82, 2.24) is 15.1 Å². The first kappa shape index (κ1) is 13.5. The van der Waals surface area contributed by atoms with E-state index >= 15 is 0 Å². The van der Waals surface area contributed by atoms with Crippen LogP contribution in [0.3, 0.4) is 0 Å². The standard InChI is InChI=1S/C11H16N4O4/c1-7(9-4-3-5-19-9)12-11(16)10-8(15(17)18)6-14(2)13-10/h6-7,9H,3-5H2,1-2H3,(H,12,16)/t7-,9-/m0/s1. The maximum absolute atomic E-state index is 12.0. The van der Waals surface area contributed by atoms with Crippen molar-refractivity contribution in [2.24, 2.45) is 7.05 Å². The van der Waals surface area contributed by atoms with E-state index in [0.717, 1.165) is 12.8 Å². The van der Waals surface area contributed by atoms with Crippen LogP contribution < -0.4 is 5.32 Å². The number of aryl methyl sites for hydroxylation is 1. The Bertz CT molecular complexity index is 493. The monoisotopic (exact) mass is 268 g/mol. The van der Waals surface area contributed by atoms with Crippen molar-refractivity contribution < 1.29 is 14.5 Å². The van der Waals surface area contributed by atoms with Gasteiger partial charge in [-0.05, 0) is 19.8 Å². The first-order valence-corrected chi connectivity index (χ1v) is 6.09. The minimum absolute atomic E-state index is 0.0354. The molecular weight excluding hydrogens is 252 g/mol. The highest BCUT2D eigenvalue weighted by molar-refractivity contribution is 5.96. The van der Waals surface area contributed by atoms with Crippen LogP contribution in [0.15, 0.2) is 6.20 Å². The number of aromatic nitrogens is 2. The molecular formula is C11H16N4O4. The molecule has 2 rings (SSSR count). The molecule has 8 heteroatoms. The third-order valence-corrected chi connectivity index (χ3v) is 3.10. The van der Waals surface area contributed by atoms with Crippen molar-refractivity contribution in [3.63, 3.8) is 0 Å². The van der Waals surface area contributed by atoms with Crippen LogP contribution in [-0.4, -0.2) is 39.4 Å². The Hall–Kier alpha value is -1.96. The van der Waals surface area contributed by atoms with E-state index in [1.54, 1.807) is 0 Å². The maximum Gasteiger partial charge on any atom is 0.320 e. The zero-order valence-corrected chi connectivity index (χ0v) is 10.8. The molecule has 0 radical (unpaired) electrons. The van der Waals surface area contributed by atoms with E-state index < -0.39 is 10.8 Å². The summed E-state index contributed by atoms with van der Waals surface area (Å²) in [7, 11) is 1.54. The van der Waals surface area contributed by atoms with Crippen molar-refractivity contribution in [1.29, 1.82) is 0 Å². The number of nitro groups is 1. The van der Waals surface area contributed by atoms with Gasteiger partial charge >= 0.3 is 5.69 Å². The van der Waals surface area contributed by atoms with E-state index in [-0.39, 0.29) is 23.5 Å². The highest BCUT2D eigenvalue weighted by atomic mass is 16.6. The number of nitrogens with zero attached hydrogens (tertiary/aromatic N) is 3. The number of nitrogens with one attached hydrogen (secondary N) is 1. The molecule has 0 unspecified atom stereocenters. The Morgan fingerprint density at radius 2 is 2.47 bits per heavy atom. The normalized spacial score (nSPS) is 20.2. The van der Waals surface area contributed by atoms with Crippen LogP contribution in [0.5, 0.6) is 0 Å². The van der Waals surface area contributed by atoms with E-state index in [1.165, 1.54) is 17.9 Å². The van der Waals surface area contributed by atoms with Gasteiger partial charge in [0.2, 0.25) is 5.69 Å². The lowest BCUT2D eigenvalue weighted by molar-refractivity contribution is -0.385. The van der Waals surface area contributed by atoms with Gasteiger partial charge in [0.15, 0.2) is 0 Å². The first-order valence-electron chi connectivity index (χ1n) is 6.09. The molecule has 2 heterocycles. The second kappa shape index (κ2) is 5.35. The number of carbonyl (C=O) groups excluding carboxylic acids is 1. The van der Waals surface area contributed by atoms with Crippen molar-refractivity contribution in [3.05, 3.63) is 22.0 Å². The molecule has 1 aliphatic heterocycles. The Morgan fingerprint density at radius 3 is 3.05 bits per heavy atom. The lowest BCUT2D eigenvalue weighted by atomic mass is 10.1. The summed E-state index contributed by atoms with van der Waals surface area (Å²) in [5, 5.41) is 17.4. The average molecular weight is 268 g/mol. The predicted molar refractivity (Wildman–Crippen MR) is 65.8 cm³/mol. The number of amides is 1. The van der Waals surface area contributed by atoms with E-state index in [4.69, 9.17) is 4.74 Å². The molecule has 19 heavy (non-hydrogen) atoms. The topological polar surface area (TPSA) is 99.3 Å². The van der Waals surface area contributed by atoms with Gasteiger partial charge in [-0.2, -0.15) is 5.10 Å². The maximum atomic E-state index is 12.0. The first-order chi connectivity index (χ1) is 8.99. The fourth-order valence-electron chi connectivity index (χ4n) is 2.14. The summed E-state index contributed by atoms with van der Waals surface area (Å²) in [5.74, 6) is -0.546. The summed E-state index contributed by atoms with van der Waals surface area (Å²) < 4.78 is 6.71. The molecule has 104 valence electrons. The summed E-state index contributed by atoms with van der Waals surface area (Å²) >= 11 is 0. The molecule has 0 saturated carbocycles. The van der Waals surface area contributed by atoms with Gasteiger partial charge in [0.25, 0.3) is 5.91 Å². The van der Waals surface area contributed by atoms with Gasteiger partial charge in [-0.1, -0.05) is 0 Å². The van der Waals surface area contributed by atoms with E-state index in [2.05, 4.69) is 10.4 Å². The second-order valence-electron chi connectivity index (χ2n) is 4.61. The molecule has 1 aromatic rings. The molecule has 0 aliphatic carbocycles. The molecule has 0 spiro atoms. The quantitative estimate of drug-likeness (QED) is 0.637. The van der Waals surface area contributed by atoms with Gasteiger partial charge in [-0.15, -0.1) is 0 Å². The highest BCUT2D eigenvalue weighted by Gasteiger charge is 2.29. The van der Waals surface area contributed by atoms with Crippen LogP contribution in [-0.2, 0) is 11.8 Å². The Balaban J connectivity index is 2.09. The molecule has 1 amide bonds. The summed E-state index contributed by atoms with van der Waals surface area (Å²) in [4.78, 5) is 22.2. The third kappa shape index (κ3) is 2.90. The molecule has 1 fully saturated rings.